The second-order valence-electron chi connectivity index (χ2n) is 5.79. The van der Waals surface area contributed by atoms with Gasteiger partial charge in [-0.25, -0.2) is 0 Å². The number of para-hydroxylation sites is 1. The molecule has 0 bridgehead atoms. The van der Waals surface area contributed by atoms with Crippen molar-refractivity contribution < 1.29 is 4.74 Å². The summed E-state index contributed by atoms with van der Waals surface area (Å²) in [5, 5.41) is 3.29. The quantitative estimate of drug-likeness (QED) is 0.641. The van der Waals surface area contributed by atoms with E-state index in [0.29, 0.717) is 12.5 Å². The maximum atomic E-state index is 6.04. The smallest absolute Gasteiger partial charge is 0.193 e. The number of anilines is 1. The number of aliphatic imine (C=N–C) groups is 1. The van der Waals surface area contributed by atoms with Crippen LogP contribution in [0.1, 0.15) is 31.9 Å². The zero-order valence-corrected chi connectivity index (χ0v) is 12.7. The van der Waals surface area contributed by atoms with Crippen molar-refractivity contribution in [3.63, 3.8) is 0 Å². The van der Waals surface area contributed by atoms with Gasteiger partial charge in [0.2, 0.25) is 0 Å². The molecule has 1 heterocycles. The Morgan fingerprint density at radius 2 is 1.90 bits per heavy atom. The summed E-state index contributed by atoms with van der Waals surface area (Å²) in [5.74, 6) is 0.494. The fourth-order valence-electron chi connectivity index (χ4n) is 2.39. The normalized spacial score (nSPS) is 17.6. The summed E-state index contributed by atoms with van der Waals surface area (Å²) in [6, 6.07) is 6.37. The van der Waals surface area contributed by atoms with Gasteiger partial charge in [0.25, 0.3) is 0 Å². The predicted octanol–water partition coefficient (Wildman–Crippen LogP) is 2.57. The third-order valence-electron chi connectivity index (χ3n) is 3.78. The van der Waals surface area contributed by atoms with E-state index in [0.717, 1.165) is 31.7 Å². The van der Waals surface area contributed by atoms with Crippen LogP contribution in [-0.2, 0) is 17.6 Å². The van der Waals surface area contributed by atoms with E-state index in [1.807, 2.05) is 0 Å². The highest BCUT2D eigenvalue weighted by Crippen LogP contribution is 2.27. The number of nitrogens with two attached hydrogens (primary N) is 1. The molecule has 0 aliphatic carbocycles. The Hall–Kier alpha value is -1.55. The lowest BCUT2D eigenvalue weighted by Gasteiger charge is -2.36. The molecule has 1 aromatic rings. The molecule has 0 aromatic heterocycles. The maximum absolute atomic E-state index is 6.04. The highest BCUT2D eigenvalue weighted by atomic mass is 16.5. The fourth-order valence-corrected chi connectivity index (χ4v) is 2.39. The minimum absolute atomic E-state index is 0.157. The first-order valence-electron chi connectivity index (χ1n) is 7.33. The fraction of sp³-hybridized carbons (Fsp3) is 0.562. The van der Waals surface area contributed by atoms with Gasteiger partial charge in [-0.3, -0.25) is 4.99 Å². The summed E-state index contributed by atoms with van der Waals surface area (Å²) in [6.07, 6.45) is 1.96. The van der Waals surface area contributed by atoms with Crippen molar-refractivity contribution in [2.24, 2.45) is 16.1 Å². The zero-order valence-electron chi connectivity index (χ0n) is 12.7. The van der Waals surface area contributed by atoms with Crippen LogP contribution >= 0.6 is 0 Å². The van der Waals surface area contributed by atoms with E-state index in [4.69, 9.17) is 10.5 Å². The third-order valence-corrected chi connectivity index (χ3v) is 3.78. The van der Waals surface area contributed by atoms with Crippen molar-refractivity contribution in [1.29, 1.82) is 0 Å². The highest BCUT2D eigenvalue weighted by Gasteiger charge is 2.33. The van der Waals surface area contributed by atoms with Crippen molar-refractivity contribution in [1.82, 2.24) is 0 Å². The molecule has 2 rings (SSSR count). The number of guanidine groups is 1. The zero-order chi connectivity index (χ0) is 14.6. The van der Waals surface area contributed by atoms with Gasteiger partial charge in [0.05, 0.1) is 19.8 Å². The highest BCUT2D eigenvalue weighted by molar-refractivity contribution is 5.93. The Balaban J connectivity index is 2.10. The molecule has 1 aliphatic rings. The maximum Gasteiger partial charge on any atom is 0.193 e. The van der Waals surface area contributed by atoms with Gasteiger partial charge in [0.1, 0.15) is 0 Å². The number of aryl methyl sites for hydroxylation is 2. The average molecular weight is 275 g/mol. The van der Waals surface area contributed by atoms with E-state index >= 15 is 0 Å². The molecule has 4 nitrogen and oxygen atoms in total. The molecule has 0 unspecified atom stereocenters. The first-order chi connectivity index (χ1) is 9.58. The Morgan fingerprint density at radius 1 is 1.30 bits per heavy atom. The molecular formula is C16H25N3O. The monoisotopic (exact) mass is 275 g/mol. The van der Waals surface area contributed by atoms with Crippen LogP contribution in [-0.4, -0.2) is 25.7 Å². The minimum Gasteiger partial charge on any atom is -0.380 e. The van der Waals surface area contributed by atoms with Crippen molar-refractivity contribution in [3.05, 3.63) is 29.3 Å². The Kier molecular flexibility index (Phi) is 4.65. The van der Waals surface area contributed by atoms with Crippen LogP contribution in [0.15, 0.2) is 23.2 Å². The van der Waals surface area contributed by atoms with Crippen LogP contribution in [0, 0.1) is 5.41 Å². The van der Waals surface area contributed by atoms with E-state index in [2.05, 4.69) is 49.3 Å². The first-order valence-corrected chi connectivity index (χ1v) is 7.33. The molecule has 3 N–H and O–H groups in total. The second-order valence-corrected chi connectivity index (χ2v) is 5.79. The van der Waals surface area contributed by atoms with Gasteiger partial charge in [-0.15, -0.1) is 0 Å². The predicted molar refractivity (Wildman–Crippen MR) is 84.2 cm³/mol. The molecule has 0 saturated carbocycles. The summed E-state index contributed by atoms with van der Waals surface area (Å²) in [5.41, 5.74) is 9.87. The lowest BCUT2D eigenvalue weighted by atomic mass is 9.89. The summed E-state index contributed by atoms with van der Waals surface area (Å²) in [7, 11) is 0. The van der Waals surface area contributed by atoms with Gasteiger partial charge in [-0.1, -0.05) is 39.0 Å². The van der Waals surface area contributed by atoms with E-state index in [1.165, 1.54) is 11.1 Å². The van der Waals surface area contributed by atoms with Crippen LogP contribution < -0.4 is 11.1 Å². The van der Waals surface area contributed by atoms with Crippen molar-refractivity contribution in [3.8, 4) is 0 Å². The molecule has 1 fully saturated rings. The van der Waals surface area contributed by atoms with Crippen LogP contribution in [0.3, 0.4) is 0 Å². The lowest BCUT2D eigenvalue weighted by molar-refractivity contribution is -0.0944. The number of benzene rings is 1. The van der Waals surface area contributed by atoms with Crippen LogP contribution in [0.25, 0.3) is 0 Å². The largest absolute Gasteiger partial charge is 0.380 e. The van der Waals surface area contributed by atoms with Gasteiger partial charge < -0.3 is 15.8 Å². The molecule has 1 saturated heterocycles. The van der Waals surface area contributed by atoms with E-state index in [-0.39, 0.29) is 5.41 Å². The molecule has 1 aromatic carbocycles. The summed E-state index contributed by atoms with van der Waals surface area (Å²) in [6.45, 7) is 8.73. The van der Waals surface area contributed by atoms with Gasteiger partial charge in [0, 0.05) is 11.1 Å². The number of nitrogens with one attached hydrogen (secondary N) is 1. The summed E-state index contributed by atoms with van der Waals surface area (Å²) in [4.78, 5) is 4.47. The van der Waals surface area contributed by atoms with Crippen molar-refractivity contribution >= 4 is 11.6 Å². The van der Waals surface area contributed by atoms with Crippen molar-refractivity contribution in [2.75, 3.05) is 25.1 Å². The van der Waals surface area contributed by atoms with Crippen LogP contribution in [0.5, 0.6) is 0 Å². The van der Waals surface area contributed by atoms with Gasteiger partial charge in [0.15, 0.2) is 5.96 Å². The van der Waals surface area contributed by atoms with E-state index < -0.39 is 0 Å². The van der Waals surface area contributed by atoms with Crippen LogP contribution in [0.2, 0.25) is 0 Å². The SMILES string of the molecule is CCc1cccc(CC)c1NC(N)=NCC1(C)COC1. The Labute approximate surface area is 121 Å². The topological polar surface area (TPSA) is 59.6 Å². The summed E-state index contributed by atoms with van der Waals surface area (Å²) >= 11 is 0. The average Bonchev–Trinajstić information content (AvgIpc) is 2.43. The van der Waals surface area contributed by atoms with E-state index in [9.17, 15) is 0 Å². The molecule has 4 heteroatoms. The molecule has 0 amide bonds. The van der Waals surface area contributed by atoms with Gasteiger partial charge in [-0.2, -0.15) is 0 Å². The molecule has 0 radical (unpaired) electrons. The standard InChI is InChI=1S/C16H25N3O/c1-4-12-7-6-8-13(5-2)14(12)19-15(17)18-9-16(3)10-20-11-16/h6-8H,4-5,9-11H2,1-3H3,(H3,17,18,19). The number of nitrogens with zero attached hydrogens (tertiary/aromatic N) is 1. The Bertz CT molecular complexity index is 470. The number of ether oxygens (including phenoxy) is 1. The number of hydrogen-bond acceptors (Lipinski definition) is 2. The van der Waals surface area contributed by atoms with Gasteiger partial charge >= 0.3 is 0 Å². The van der Waals surface area contributed by atoms with Gasteiger partial charge in [-0.05, 0) is 24.0 Å². The minimum atomic E-state index is 0.157. The molecule has 1 aliphatic heterocycles. The number of hydrogen-bond donors (Lipinski definition) is 2. The second kappa shape index (κ2) is 6.27. The first kappa shape index (κ1) is 14.9. The molecule has 110 valence electrons. The van der Waals surface area contributed by atoms with Crippen LogP contribution in [0.4, 0.5) is 5.69 Å². The van der Waals surface area contributed by atoms with E-state index in [1.54, 1.807) is 0 Å². The third kappa shape index (κ3) is 3.31. The molecule has 20 heavy (non-hydrogen) atoms. The Morgan fingerprint density at radius 3 is 2.35 bits per heavy atom. The van der Waals surface area contributed by atoms with Crippen molar-refractivity contribution in [2.45, 2.75) is 33.6 Å². The molecular weight excluding hydrogens is 250 g/mol. The molecule has 0 atom stereocenters. The number of rotatable bonds is 5. The summed E-state index contributed by atoms with van der Waals surface area (Å²) < 4.78 is 5.23. The lowest BCUT2D eigenvalue weighted by Crippen LogP contribution is -2.43. The molecule has 0 spiro atoms.